The lowest BCUT2D eigenvalue weighted by Gasteiger charge is -2.18. The van der Waals surface area contributed by atoms with Crippen molar-refractivity contribution in [1.82, 2.24) is 15.8 Å². The molecule has 1 aromatic heterocycles. The second-order valence-corrected chi connectivity index (χ2v) is 4.89. The Labute approximate surface area is 126 Å². The van der Waals surface area contributed by atoms with Crippen molar-refractivity contribution >= 4 is 6.03 Å². The number of halogens is 2. The summed E-state index contributed by atoms with van der Waals surface area (Å²) in [5.41, 5.74) is 0.832. The van der Waals surface area contributed by atoms with Crippen LogP contribution in [0, 0.1) is 18.6 Å². The SMILES string of the molecule is CCC(NC(=O)NCc1cc(C)no1)c1cc(F)ccc1F. The summed E-state index contributed by atoms with van der Waals surface area (Å²) < 4.78 is 32.0. The van der Waals surface area contributed by atoms with Crippen LogP contribution < -0.4 is 10.6 Å². The molecule has 5 nitrogen and oxygen atoms in total. The van der Waals surface area contributed by atoms with Gasteiger partial charge in [-0.2, -0.15) is 0 Å². The molecule has 0 aliphatic carbocycles. The van der Waals surface area contributed by atoms with Crippen LogP contribution in [-0.2, 0) is 6.54 Å². The number of benzene rings is 1. The third kappa shape index (κ3) is 4.03. The van der Waals surface area contributed by atoms with Crippen LogP contribution in [0.4, 0.5) is 13.6 Å². The number of hydrogen-bond donors (Lipinski definition) is 2. The molecule has 2 rings (SSSR count). The van der Waals surface area contributed by atoms with Crippen molar-refractivity contribution in [2.45, 2.75) is 32.9 Å². The van der Waals surface area contributed by atoms with Crippen molar-refractivity contribution in [1.29, 1.82) is 0 Å². The third-order valence-corrected chi connectivity index (χ3v) is 3.15. The van der Waals surface area contributed by atoms with E-state index in [-0.39, 0.29) is 12.1 Å². The van der Waals surface area contributed by atoms with Crippen LogP contribution in [0.25, 0.3) is 0 Å². The van der Waals surface area contributed by atoms with E-state index in [0.29, 0.717) is 17.9 Å². The minimum Gasteiger partial charge on any atom is -0.359 e. The zero-order chi connectivity index (χ0) is 16.1. The van der Waals surface area contributed by atoms with Crippen LogP contribution in [0.2, 0.25) is 0 Å². The summed E-state index contributed by atoms with van der Waals surface area (Å²) in [6.45, 7) is 3.71. The van der Waals surface area contributed by atoms with E-state index < -0.39 is 23.7 Å². The van der Waals surface area contributed by atoms with Crippen LogP contribution in [0.1, 0.15) is 36.4 Å². The van der Waals surface area contributed by atoms with Gasteiger partial charge >= 0.3 is 6.03 Å². The number of aryl methyl sites for hydroxylation is 1. The van der Waals surface area contributed by atoms with Gasteiger partial charge in [0.15, 0.2) is 5.76 Å². The zero-order valence-electron chi connectivity index (χ0n) is 12.3. The Kier molecular flexibility index (Phi) is 5.08. The second-order valence-electron chi connectivity index (χ2n) is 4.89. The molecule has 1 atom stereocenters. The molecule has 0 fully saturated rings. The number of nitrogens with one attached hydrogen (secondary N) is 2. The van der Waals surface area contributed by atoms with Gasteiger partial charge in [-0.3, -0.25) is 0 Å². The molecule has 0 radical (unpaired) electrons. The molecule has 0 saturated carbocycles. The first kappa shape index (κ1) is 15.9. The molecular weight excluding hydrogens is 292 g/mol. The smallest absolute Gasteiger partial charge is 0.315 e. The molecule has 2 aromatic rings. The van der Waals surface area contributed by atoms with Crippen LogP contribution in [0.15, 0.2) is 28.8 Å². The molecule has 0 saturated heterocycles. The fourth-order valence-corrected chi connectivity index (χ4v) is 2.06. The summed E-state index contributed by atoms with van der Waals surface area (Å²) in [5, 5.41) is 8.89. The van der Waals surface area contributed by atoms with Gasteiger partial charge < -0.3 is 15.2 Å². The van der Waals surface area contributed by atoms with E-state index in [1.165, 1.54) is 0 Å². The highest BCUT2D eigenvalue weighted by atomic mass is 19.1. The lowest BCUT2D eigenvalue weighted by molar-refractivity contribution is 0.234. The molecule has 1 aromatic carbocycles. The topological polar surface area (TPSA) is 67.2 Å². The van der Waals surface area contributed by atoms with Crippen molar-refractivity contribution in [3.8, 4) is 0 Å². The average molecular weight is 309 g/mol. The van der Waals surface area contributed by atoms with E-state index in [1.807, 2.05) is 0 Å². The van der Waals surface area contributed by atoms with E-state index in [2.05, 4.69) is 15.8 Å². The Bertz CT molecular complexity index is 658. The number of urea groups is 1. The van der Waals surface area contributed by atoms with Gasteiger partial charge in [-0.1, -0.05) is 12.1 Å². The fourth-order valence-electron chi connectivity index (χ4n) is 2.06. The first-order valence-corrected chi connectivity index (χ1v) is 6.91. The van der Waals surface area contributed by atoms with Gasteiger partial charge in [0.1, 0.15) is 11.6 Å². The highest BCUT2D eigenvalue weighted by Crippen LogP contribution is 2.21. The predicted molar refractivity (Wildman–Crippen MR) is 76.0 cm³/mol. The Hall–Kier alpha value is -2.44. The summed E-state index contributed by atoms with van der Waals surface area (Å²) in [4.78, 5) is 11.9. The molecule has 0 bridgehead atoms. The monoisotopic (exact) mass is 309 g/mol. The lowest BCUT2D eigenvalue weighted by Crippen LogP contribution is -2.37. The second kappa shape index (κ2) is 7.02. The highest BCUT2D eigenvalue weighted by Gasteiger charge is 2.17. The number of hydrogen-bond acceptors (Lipinski definition) is 3. The fraction of sp³-hybridized carbons (Fsp3) is 0.333. The maximum absolute atomic E-state index is 13.7. The predicted octanol–water partition coefficient (Wildman–Crippen LogP) is 3.21. The van der Waals surface area contributed by atoms with Gasteiger partial charge in [0.2, 0.25) is 0 Å². The van der Waals surface area contributed by atoms with Gasteiger partial charge in [-0.15, -0.1) is 0 Å². The normalized spacial score (nSPS) is 12.0. The van der Waals surface area contributed by atoms with E-state index >= 15 is 0 Å². The number of rotatable bonds is 5. The van der Waals surface area contributed by atoms with Crippen LogP contribution >= 0.6 is 0 Å². The maximum Gasteiger partial charge on any atom is 0.315 e. The minimum atomic E-state index is -0.618. The molecular formula is C15H17F2N3O2. The number of carbonyl (C=O) groups is 1. The summed E-state index contributed by atoms with van der Waals surface area (Å²) in [6.07, 6.45) is 0.426. The largest absolute Gasteiger partial charge is 0.359 e. The third-order valence-electron chi connectivity index (χ3n) is 3.15. The van der Waals surface area contributed by atoms with E-state index in [4.69, 9.17) is 4.52 Å². The molecule has 22 heavy (non-hydrogen) atoms. The summed E-state index contributed by atoms with van der Waals surface area (Å²) in [5.74, 6) is -0.591. The van der Waals surface area contributed by atoms with E-state index in [9.17, 15) is 13.6 Å². The molecule has 1 unspecified atom stereocenters. The summed E-state index contributed by atoms with van der Waals surface area (Å²) in [7, 11) is 0. The number of amides is 2. The number of nitrogens with zero attached hydrogens (tertiary/aromatic N) is 1. The Morgan fingerprint density at radius 3 is 2.77 bits per heavy atom. The molecule has 1 heterocycles. The Morgan fingerprint density at radius 2 is 2.14 bits per heavy atom. The van der Waals surface area contributed by atoms with Crippen molar-refractivity contribution in [3.05, 3.63) is 52.9 Å². The summed E-state index contributed by atoms with van der Waals surface area (Å²) >= 11 is 0. The van der Waals surface area contributed by atoms with Gasteiger partial charge in [-0.05, 0) is 31.5 Å². The maximum atomic E-state index is 13.7. The van der Waals surface area contributed by atoms with Crippen molar-refractivity contribution in [2.24, 2.45) is 0 Å². The molecule has 2 N–H and O–H groups in total. The van der Waals surface area contributed by atoms with Gasteiger partial charge in [0, 0.05) is 11.6 Å². The Balaban J connectivity index is 1.97. The molecule has 0 aliphatic heterocycles. The Morgan fingerprint density at radius 1 is 1.36 bits per heavy atom. The van der Waals surface area contributed by atoms with Crippen molar-refractivity contribution < 1.29 is 18.1 Å². The first-order valence-electron chi connectivity index (χ1n) is 6.91. The van der Waals surface area contributed by atoms with Crippen molar-refractivity contribution in [3.63, 3.8) is 0 Å². The van der Waals surface area contributed by atoms with E-state index in [0.717, 1.165) is 18.2 Å². The lowest BCUT2D eigenvalue weighted by atomic mass is 10.0. The van der Waals surface area contributed by atoms with Crippen LogP contribution in [-0.4, -0.2) is 11.2 Å². The van der Waals surface area contributed by atoms with Crippen LogP contribution in [0.3, 0.4) is 0 Å². The highest BCUT2D eigenvalue weighted by molar-refractivity contribution is 5.74. The number of aromatic nitrogens is 1. The van der Waals surface area contributed by atoms with Gasteiger partial charge in [0.05, 0.1) is 18.3 Å². The van der Waals surface area contributed by atoms with Gasteiger partial charge in [-0.25, -0.2) is 13.6 Å². The molecule has 118 valence electrons. The summed E-state index contributed by atoms with van der Waals surface area (Å²) in [6, 6.07) is 3.76. The zero-order valence-corrected chi connectivity index (χ0v) is 12.3. The van der Waals surface area contributed by atoms with E-state index in [1.54, 1.807) is 19.9 Å². The number of carbonyl (C=O) groups excluding carboxylic acids is 1. The molecule has 0 spiro atoms. The first-order chi connectivity index (χ1) is 10.5. The molecule has 7 heteroatoms. The van der Waals surface area contributed by atoms with Gasteiger partial charge in [0.25, 0.3) is 0 Å². The van der Waals surface area contributed by atoms with Crippen molar-refractivity contribution in [2.75, 3.05) is 0 Å². The minimum absolute atomic E-state index is 0.119. The quantitative estimate of drug-likeness (QED) is 0.891. The average Bonchev–Trinajstić information content (AvgIpc) is 2.91. The molecule has 0 aliphatic rings. The molecule has 2 amide bonds. The van der Waals surface area contributed by atoms with Crippen LogP contribution in [0.5, 0.6) is 0 Å². The standard InChI is InChI=1S/C15H17F2N3O2/c1-3-14(12-7-10(16)4-5-13(12)17)19-15(21)18-8-11-6-9(2)20-22-11/h4-7,14H,3,8H2,1-2H3,(H2,18,19,21).